The van der Waals surface area contributed by atoms with Crippen molar-refractivity contribution in [3.05, 3.63) is 35.4 Å². The van der Waals surface area contributed by atoms with Crippen LogP contribution in [0.3, 0.4) is 0 Å². The highest BCUT2D eigenvalue weighted by atomic mass is 16.5. The molecule has 0 unspecified atom stereocenters. The van der Waals surface area contributed by atoms with Gasteiger partial charge in [-0.2, -0.15) is 0 Å². The van der Waals surface area contributed by atoms with Gasteiger partial charge in [-0.3, -0.25) is 4.79 Å². The van der Waals surface area contributed by atoms with Gasteiger partial charge in [0, 0.05) is 38.9 Å². The summed E-state index contributed by atoms with van der Waals surface area (Å²) in [6, 6.07) is 7.98. The Kier molecular flexibility index (Phi) is 5.77. The number of benzene rings is 1. The van der Waals surface area contributed by atoms with Crippen molar-refractivity contribution in [3.8, 4) is 0 Å². The second-order valence-corrected chi connectivity index (χ2v) is 7.51. The van der Waals surface area contributed by atoms with Crippen molar-refractivity contribution >= 4 is 5.91 Å². The number of piperidine rings is 1. The van der Waals surface area contributed by atoms with Gasteiger partial charge in [0.1, 0.15) is 0 Å². The Morgan fingerprint density at radius 1 is 1.28 bits per heavy atom. The van der Waals surface area contributed by atoms with Crippen molar-refractivity contribution < 1.29 is 14.3 Å². The fourth-order valence-corrected chi connectivity index (χ4v) is 4.09. The Balaban J connectivity index is 1.61. The van der Waals surface area contributed by atoms with Crippen LogP contribution in [0.1, 0.15) is 41.6 Å². The molecule has 1 aromatic carbocycles. The molecular formula is C20H30N2O3. The number of likely N-dealkylation sites (tertiary alicyclic amines) is 1. The number of amides is 1. The highest BCUT2D eigenvalue weighted by molar-refractivity contribution is 5.94. The number of hydrogen-bond acceptors (Lipinski definition) is 4. The van der Waals surface area contributed by atoms with E-state index in [1.807, 2.05) is 43.3 Å². The Morgan fingerprint density at radius 3 is 2.56 bits per heavy atom. The molecule has 2 fully saturated rings. The van der Waals surface area contributed by atoms with Crippen molar-refractivity contribution in [3.63, 3.8) is 0 Å². The number of carbonyl (C=O) groups is 1. The van der Waals surface area contributed by atoms with Crippen LogP contribution in [-0.2, 0) is 16.0 Å². The third-order valence-corrected chi connectivity index (χ3v) is 5.47. The monoisotopic (exact) mass is 346 g/mol. The van der Waals surface area contributed by atoms with E-state index in [1.165, 1.54) is 5.56 Å². The van der Waals surface area contributed by atoms with Crippen molar-refractivity contribution in [1.29, 1.82) is 0 Å². The Bertz CT molecular complexity index is 577. The second kappa shape index (κ2) is 7.85. The fraction of sp³-hybridized carbons (Fsp3) is 0.650. The second-order valence-electron chi connectivity index (χ2n) is 7.51. The molecule has 0 N–H and O–H groups in total. The molecule has 0 bridgehead atoms. The molecule has 2 aliphatic rings. The minimum atomic E-state index is -0.195. The molecule has 138 valence electrons. The topological polar surface area (TPSA) is 42.0 Å². The zero-order valence-corrected chi connectivity index (χ0v) is 15.7. The lowest BCUT2D eigenvalue weighted by Gasteiger charge is -2.48. The van der Waals surface area contributed by atoms with Crippen molar-refractivity contribution in [2.75, 3.05) is 40.9 Å². The van der Waals surface area contributed by atoms with Crippen LogP contribution < -0.4 is 0 Å². The van der Waals surface area contributed by atoms with E-state index in [1.54, 1.807) is 7.11 Å². The van der Waals surface area contributed by atoms with Crippen LogP contribution in [0.25, 0.3) is 0 Å². The summed E-state index contributed by atoms with van der Waals surface area (Å²) in [5, 5.41) is 0. The molecule has 0 aromatic heterocycles. The maximum atomic E-state index is 12.8. The molecular weight excluding hydrogens is 316 g/mol. The molecule has 1 atom stereocenters. The summed E-state index contributed by atoms with van der Waals surface area (Å²) >= 11 is 0. The number of ether oxygens (including phenoxy) is 2. The predicted octanol–water partition coefficient (Wildman–Crippen LogP) is 2.55. The van der Waals surface area contributed by atoms with Gasteiger partial charge in [0.2, 0.25) is 0 Å². The number of carbonyl (C=O) groups excluding carboxylic acids is 1. The Hall–Kier alpha value is -1.43. The van der Waals surface area contributed by atoms with Crippen LogP contribution in [0.5, 0.6) is 0 Å². The minimum Gasteiger partial charge on any atom is -0.378 e. The molecule has 0 aliphatic carbocycles. The van der Waals surface area contributed by atoms with E-state index in [0.29, 0.717) is 0 Å². The predicted molar refractivity (Wildman–Crippen MR) is 97.7 cm³/mol. The lowest BCUT2D eigenvalue weighted by molar-refractivity contribution is -0.183. The molecule has 1 spiro atoms. The van der Waals surface area contributed by atoms with Gasteiger partial charge < -0.3 is 19.3 Å². The van der Waals surface area contributed by atoms with Crippen molar-refractivity contribution in [2.45, 2.75) is 43.9 Å². The molecule has 1 amide bonds. The van der Waals surface area contributed by atoms with Gasteiger partial charge in [-0.25, -0.2) is 0 Å². The number of methoxy groups -OCH3 is 1. The van der Waals surface area contributed by atoms with Gasteiger partial charge >= 0.3 is 0 Å². The summed E-state index contributed by atoms with van der Waals surface area (Å²) in [6.07, 6.45) is 3.98. The third kappa shape index (κ3) is 4.05. The summed E-state index contributed by atoms with van der Waals surface area (Å²) in [6.45, 7) is 3.16. The van der Waals surface area contributed by atoms with E-state index >= 15 is 0 Å². The Labute approximate surface area is 150 Å². The molecule has 1 aromatic rings. The number of hydrogen-bond donors (Lipinski definition) is 0. The normalized spacial score (nSPS) is 23.2. The Morgan fingerprint density at radius 2 is 1.96 bits per heavy atom. The molecule has 5 heteroatoms. The van der Waals surface area contributed by atoms with Gasteiger partial charge in [-0.1, -0.05) is 12.1 Å². The molecule has 0 saturated carbocycles. The van der Waals surface area contributed by atoms with Gasteiger partial charge in [-0.15, -0.1) is 0 Å². The van der Waals surface area contributed by atoms with Gasteiger partial charge in [0.15, 0.2) is 0 Å². The SMILES string of the molecule is CO[C@H]1CCCOC12CCN(C(=O)c1ccc(CN(C)C)cc1)CC2. The fourth-order valence-electron chi connectivity index (χ4n) is 4.09. The first-order valence-corrected chi connectivity index (χ1v) is 9.24. The van der Waals surface area contributed by atoms with E-state index < -0.39 is 0 Å². The molecule has 2 saturated heterocycles. The molecule has 3 rings (SSSR count). The number of rotatable bonds is 4. The molecule has 25 heavy (non-hydrogen) atoms. The van der Waals surface area contributed by atoms with Crippen LogP contribution in [0.4, 0.5) is 0 Å². The maximum absolute atomic E-state index is 12.8. The summed E-state index contributed by atoms with van der Waals surface area (Å²) in [7, 11) is 5.86. The summed E-state index contributed by atoms with van der Waals surface area (Å²) in [5.41, 5.74) is 1.79. The largest absolute Gasteiger partial charge is 0.378 e. The zero-order valence-electron chi connectivity index (χ0n) is 15.7. The first-order valence-electron chi connectivity index (χ1n) is 9.24. The van der Waals surface area contributed by atoms with Gasteiger partial charge in [0.25, 0.3) is 5.91 Å². The van der Waals surface area contributed by atoms with Crippen LogP contribution >= 0.6 is 0 Å². The van der Waals surface area contributed by atoms with Crippen LogP contribution in [-0.4, -0.2) is 68.3 Å². The van der Waals surface area contributed by atoms with E-state index in [-0.39, 0.29) is 17.6 Å². The quantitative estimate of drug-likeness (QED) is 0.840. The molecule has 2 heterocycles. The van der Waals surface area contributed by atoms with Crippen molar-refractivity contribution in [2.24, 2.45) is 0 Å². The van der Waals surface area contributed by atoms with E-state index in [4.69, 9.17) is 9.47 Å². The van der Waals surface area contributed by atoms with E-state index in [0.717, 1.165) is 57.5 Å². The molecule has 5 nitrogen and oxygen atoms in total. The van der Waals surface area contributed by atoms with Crippen molar-refractivity contribution in [1.82, 2.24) is 9.80 Å². The third-order valence-electron chi connectivity index (χ3n) is 5.47. The van der Waals surface area contributed by atoms with Gasteiger partial charge in [0.05, 0.1) is 11.7 Å². The summed E-state index contributed by atoms with van der Waals surface area (Å²) < 4.78 is 11.8. The maximum Gasteiger partial charge on any atom is 0.253 e. The molecule has 2 aliphatic heterocycles. The highest BCUT2D eigenvalue weighted by Gasteiger charge is 2.45. The smallest absolute Gasteiger partial charge is 0.253 e. The molecule has 0 radical (unpaired) electrons. The summed E-state index contributed by atoms with van der Waals surface area (Å²) in [4.78, 5) is 16.9. The lowest BCUT2D eigenvalue weighted by atomic mass is 9.81. The van der Waals surface area contributed by atoms with Crippen LogP contribution in [0.15, 0.2) is 24.3 Å². The highest BCUT2D eigenvalue weighted by Crippen LogP contribution is 2.37. The minimum absolute atomic E-state index is 0.121. The number of nitrogens with zero attached hydrogens (tertiary/aromatic N) is 2. The van der Waals surface area contributed by atoms with Crippen LogP contribution in [0.2, 0.25) is 0 Å². The average molecular weight is 346 g/mol. The van der Waals surface area contributed by atoms with Crippen LogP contribution in [0, 0.1) is 0 Å². The zero-order chi connectivity index (χ0) is 17.9. The average Bonchev–Trinajstić information content (AvgIpc) is 2.62. The standard InChI is InChI=1S/C20H30N2O3/c1-21(2)15-16-6-8-17(9-7-16)19(23)22-12-10-20(11-13-22)18(24-3)5-4-14-25-20/h6-9,18H,4-5,10-15H2,1-3H3/t18-/m0/s1. The summed E-state index contributed by atoms with van der Waals surface area (Å²) in [5.74, 6) is 0.121. The first kappa shape index (κ1) is 18.4. The lowest BCUT2D eigenvalue weighted by Crippen LogP contribution is -2.56. The van der Waals surface area contributed by atoms with E-state index in [9.17, 15) is 4.79 Å². The first-order chi connectivity index (χ1) is 12.0. The van der Waals surface area contributed by atoms with Gasteiger partial charge in [-0.05, 0) is 57.5 Å². The van der Waals surface area contributed by atoms with E-state index in [2.05, 4.69) is 4.90 Å².